The average molecular weight is 169 g/mol. The number of rotatable bonds is 2. The number of nitrogens with zero attached hydrogens (tertiary/aromatic N) is 5. The number of hydrogen-bond donors (Lipinski definition) is 0. The Bertz CT molecular complexity index is 279. The van der Waals surface area contributed by atoms with E-state index in [9.17, 15) is 4.79 Å². The molecule has 0 spiro atoms. The van der Waals surface area contributed by atoms with E-state index in [2.05, 4.69) is 15.4 Å². The monoisotopic (exact) mass is 169 g/mol. The van der Waals surface area contributed by atoms with E-state index in [1.54, 1.807) is 21.0 Å². The molecule has 0 aromatic carbocycles. The van der Waals surface area contributed by atoms with Gasteiger partial charge in [-0.3, -0.25) is 4.79 Å². The van der Waals surface area contributed by atoms with Gasteiger partial charge in [-0.15, -0.1) is 10.2 Å². The molecule has 0 radical (unpaired) electrons. The number of carbonyl (C=O) groups is 1. The van der Waals surface area contributed by atoms with E-state index in [0.717, 1.165) is 0 Å². The summed E-state index contributed by atoms with van der Waals surface area (Å²) in [5.74, 6) is 0.522. The van der Waals surface area contributed by atoms with Gasteiger partial charge in [-0.2, -0.15) is 4.80 Å². The minimum absolute atomic E-state index is 0.0487. The quantitative estimate of drug-likeness (QED) is 0.573. The maximum absolute atomic E-state index is 11.1. The van der Waals surface area contributed by atoms with Crippen molar-refractivity contribution in [2.75, 3.05) is 14.1 Å². The highest BCUT2D eigenvalue weighted by Crippen LogP contribution is 1.85. The highest BCUT2D eigenvalue weighted by Gasteiger charge is 2.06. The zero-order valence-corrected chi connectivity index (χ0v) is 7.35. The zero-order valence-electron chi connectivity index (χ0n) is 7.35. The Morgan fingerprint density at radius 2 is 2.25 bits per heavy atom. The third-order valence-electron chi connectivity index (χ3n) is 1.33. The summed E-state index contributed by atoms with van der Waals surface area (Å²) in [7, 11) is 3.37. The molecule has 1 heterocycles. The van der Waals surface area contributed by atoms with E-state index in [1.807, 2.05) is 0 Å². The van der Waals surface area contributed by atoms with Gasteiger partial charge in [0.25, 0.3) is 0 Å². The summed E-state index contributed by atoms with van der Waals surface area (Å²) >= 11 is 0. The van der Waals surface area contributed by atoms with Crippen LogP contribution in [0.4, 0.5) is 0 Å². The molecule has 0 N–H and O–H groups in total. The normalized spacial score (nSPS) is 9.92. The second kappa shape index (κ2) is 3.29. The molecule has 0 atom stereocenters. The minimum Gasteiger partial charge on any atom is -0.347 e. The number of aryl methyl sites for hydroxylation is 1. The van der Waals surface area contributed by atoms with Gasteiger partial charge in [0.05, 0.1) is 0 Å². The number of carbonyl (C=O) groups excluding carboxylic acids is 1. The van der Waals surface area contributed by atoms with Gasteiger partial charge >= 0.3 is 0 Å². The Hall–Kier alpha value is -1.46. The van der Waals surface area contributed by atoms with E-state index in [4.69, 9.17) is 0 Å². The van der Waals surface area contributed by atoms with Crippen LogP contribution < -0.4 is 0 Å². The van der Waals surface area contributed by atoms with Crippen LogP contribution in [0.15, 0.2) is 0 Å². The van der Waals surface area contributed by atoms with Crippen LogP contribution in [0, 0.1) is 6.92 Å². The summed E-state index contributed by atoms with van der Waals surface area (Å²) in [6, 6.07) is 0. The molecular weight excluding hydrogens is 158 g/mol. The van der Waals surface area contributed by atoms with Crippen LogP contribution in [0.1, 0.15) is 5.82 Å². The Balaban J connectivity index is 2.58. The van der Waals surface area contributed by atoms with Crippen molar-refractivity contribution in [1.29, 1.82) is 0 Å². The first-order valence-electron chi connectivity index (χ1n) is 3.54. The predicted molar refractivity (Wildman–Crippen MR) is 41.2 cm³/mol. The van der Waals surface area contributed by atoms with Gasteiger partial charge in [-0.25, -0.2) is 0 Å². The summed E-state index contributed by atoms with van der Waals surface area (Å²) in [5.41, 5.74) is 0. The molecule has 0 bridgehead atoms. The van der Waals surface area contributed by atoms with E-state index in [-0.39, 0.29) is 12.5 Å². The van der Waals surface area contributed by atoms with Crippen molar-refractivity contribution < 1.29 is 4.79 Å². The average Bonchev–Trinajstić information content (AvgIpc) is 2.35. The predicted octanol–water partition coefficient (Wildman–Crippen LogP) is -0.930. The minimum atomic E-state index is -0.0487. The van der Waals surface area contributed by atoms with Gasteiger partial charge in [0.1, 0.15) is 6.54 Å². The van der Waals surface area contributed by atoms with Gasteiger partial charge in [-0.05, 0) is 12.1 Å². The van der Waals surface area contributed by atoms with E-state index < -0.39 is 0 Å². The van der Waals surface area contributed by atoms with Crippen molar-refractivity contribution in [3.63, 3.8) is 0 Å². The summed E-state index contributed by atoms with van der Waals surface area (Å²) in [6.07, 6.45) is 0. The summed E-state index contributed by atoms with van der Waals surface area (Å²) in [6.45, 7) is 1.87. The Morgan fingerprint density at radius 3 is 2.67 bits per heavy atom. The molecule has 0 unspecified atom stereocenters. The molecule has 1 rings (SSSR count). The molecule has 1 aromatic rings. The topological polar surface area (TPSA) is 63.9 Å². The van der Waals surface area contributed by atoms with Crippen molar-refractivity contribution in [2.45, 2.75) is 13.5 Å². The van der Waals surface area contributed by atoms with Gasteiger partial charge in [0.2, 0.25) is 5.91 Å². The lowest BCUT2D eigenvalue weighted by atomic mass is 10.6. The molecule has 66 valence electrons. The lowest BCUT2D eigenvalue weighted by Crippen LogP contribution is -2.27. The van der Waals surface area contributed by atoms with Crippen LogP contribution in [0.3, 0.4) is 0 Å². The number of aromatic nitrogens is 4. The SMILES string of the molecule is Cc1nnn(CC(=O)N(C)C)n1. The highest BCUT2D eigenvalue weighted by atomic mass is 16.2. The van der Waals surface area contributed by atoms with Crippen LogP contribution in [-0.2, 0) is 11.3 Å². The lowest BCUT2D eigenvalue weighted by molar-refractivity contribution is -0.129. The third-order valence-corrected chi connectivity index (χ3v) is 1.33. The van der Waals surface area contributed by atoms with Crippen LogP contribution in [0.5, 0.6) is 0 Å². The number of likely N-dealkylation sites (N-methyl/N-ethyl adjacent to an activating group) is 1. The van der Waals surface area contributed by atoms with Gasteiger partial charge < -0.3 is 4.90 Å². The van der Waals surface area contributed by atoms with Gasteiger partial charge in [-0.1, -0.05) is 0 Å². The van der Waals surface area contributed by atoms with Gasteiger partial charge in [0, 0.05) is 14.1 Å². The first-order valence-corrected chi connectivity index (χ1v) is 3.54. The molecule has 6 heteroatoms. The second-order valence-corrected chi connectivity index (χ2v) is 2.66. The van der Waals surface area contributed by atoms with Crippen molar-refractivity contribution in [3.05, 3.63) is 5.82 Å². The smallest absolute Gasteiger partial charge is 0.245 e. The molecule has 1 aromatic heterocycles. The first kappa shape index (κ1) is 8.63. The first-order chi connectivity index (χ1) is 5.59. The third kappa shape index (κ3) is 2.01. The molecule has 0 aliphatic rings. The molecule has 0 saturated heterocycles. The molecule has 1 amide bonds. The Morgan fingerprint density at radius 1 is 1.58 bits per heavy atom. The molecule has 0 saturated carbocycles. The largest absolute Gasteiger partial charge is 0.347 e. The van der Waals surface area contributed by atoms with Crippen molar-refractivity contribution in [3.8, 4) is 0 Å². The zero-order chi connectivity index (χ0) is 9.14. The van der Waals surface area contributed by atoms with Crippen molar-refractivity contribution in [1.82, 2.24) is 25.1 Å². The summed E-state index contributed by atoms with van der Waals surface area (Å²) in [4.78, 5) is 13.9. The standard InChI is InChI=1S/C6H11N5O/c1-5-7-9-11(8-5)4-6(12)10(2)3/h4H2,1-3H3. The molecular formula is C6H11N5O. The van der Waals surface area contributed by atoms with Crippen LogP contribution >= 0.6 is 0 Å². The number of tetrazole rings is 1. The van der Waals surface area contributed by atoms with E-state index >= 15 is 0 Å². The fourth-order valence-corrected chi connectivity index (χ4v) is 0.653. The van der Waals surface area contributed by atoms with Gasteiger partial charge in [0.15, 0.2) is 5.82 Å². The fourth-order valence-electron chi connectivity index (χ4n) is 0.653. The molecule has 0 aliphatic carbocycles. The number of hydrogen-bond acceptors (Lipinski definition) is 4. The summed E-state index contributed by atoms with van der Waals surface area (Å²) < 4.78 is 0. The van der Waals surface area contributed by atoms with Crippen molar-refractivity contribution in [2.24, 2.45) is 0 Å². The van der Waals surface area contributed by atoms with E-state index in [1.165, 1.54) is 9.70 Å². The maximum atomic E-state index is 11.1. The Kier molecular flexibility index (Phi) is 2.37. The Labute approximate surface area is 70.2 Å². The van der Waals surface area contributed by atoms with E-state index in [0.29, 0.717) is 5.82 Å². The van der Waals surface area contributed by atoms with Crippen LogP contribution in [0.2, 0.25) is 0 Å². The fraction of sp³-hybridized carbons (Fsp3) is 0.667. The van der Waals surface area contributed by atoms with Crippen LogP contribution in [0.25, 0.3) is 0 Å². The molecule has 0 fully saturated rings. The van der Waals surface area contributed by atoms with Crippen LogP contribution in [-0.4, -0.2) is 45.1 Å². The maximum Gasteiger partial charge on any atom is 0.245 e. The highest BCUT2D eigenvalue weighted by molar-refractivity contribution is 5.75. The summed E-state index contributed by atoms with van der Waals surface area (Å²) in [5, 5.41) is 11.2. The molecule has 12 heavy (non-hydrogen) atoms. The molecule has 6 nitrogen and oxygen atoms in total. The van der Waals surface area contributed by atoms with Crippen molar-refractivity contribution >= 4 is 5.91 Å². The molecule has 0 aliphatic heterocycles. The lowest BCUT2D eigenvalue weighted by Gasteiger charge is -2.07. The number of amides is 1. The second-order valence-electron chi connectivity index (χ2n) is 2.66.